The SMILES string of the molecule is CC(=O)c1cnn2c(NC(C)C(C)(C)C)c(-c3ccccc3Cl)c(Cl)nc12. The maximum absolute atomic E-state index is 12.0. The van der Waals surface area contributed by atoms with Gasteiger partial charge in [-0.3, -0.25) is 4.79 Å². The third kappa shape index (κ3) is 3.66. The van der Waals surface area contributed by atoms with Gasteiger partial charge in [-0.1, -0.05) is 62.2 Å². The number of hydrogen-bond acceptors (Lipinski definition) is 4. The highest BCUT2D eigenvalue weighted by Crippen LogP contribution is 2.39. The van der Waals surface area contributed by atoms with E-state index in [1.165, 1.54) is 13.1 Å². The highest BCUT2D eigenvalue weighted by atomic mass is 35.5. The molecule has 3 rings (SSSR count). The van der Waals surface area contributed by atoms with Gasteiger partial charge in [0.1, 0.15) is 11.0 Å². The Balaban J connectivity index is 2.34. The zero-order valence-corrected chi connectivity index (χ0v) is 17.5. The lowest BCUT2D eigenvalue weighted by Gasteiger charge is -2.30. The van der Waals surface area contributed by atoms with Gasteiger partial charge in [-0.05, 0) is 25.3 Å². The van der Waals surface area contributed by atoms with Crippen LogP contribution in [0.15, 0.2) is 30.5 Å². The molecule has 0 aliphatic rings. The molecule has 0 fully saturated rings. The summed E-state index contributed by atoms with van der Waals surface area (Å²) in [6.07, 6.45) is 1.52. The van der Waals surface area contributed by atoms with Crippen LogP contribution in [0, 0.1) is 5.41 Å². The van der Waals surface area contributed by atoms with Gasteiger partial charge in [0.15, 0.2) is 11.4 Å². The molecule has 0 saturated heterocycles. The van der Waals surface area contributed by atoms with E-state index in [0.717, 1.165) is 5.56 Å². The molecule has 0 bridgehead atoms. The van der Waals surface area contributed by atoms with Gasteiger partial charge < -0.3 is 5.32 Å². The van der Waals surface area contributed by atoms with Gasteiger partial charge in [0, 0.05) is 16.6 Å². The molecule has 1 N–H and O–H groups in total. The minimum absolute atomic E-state index is 0.0175. The summed E-state index contributed by atoms with van der Waals surface area (Å²) in [6, 6.07) is 7.53. The van der Waals surface area contributed by atoms with Crippen LogP contribution in [-0.2, 0) is 0 Å². The number of aromatic nitrogens is 3. The first-order valence-electron chi connectivity index (χ1n) is 8.71. The summed E-state index contributed by atoms with van der Waals surface area (Å²) in [5.74, 6) is 0.543. The number of rotatable bonds is 4. The molecule has 27 heavy (non-hydrogen) atoms. The maximum Gasteiger partial charge on any atom is 0.169 e. The maximum atomic E-state index is 12.0. The van der Waals surface area contributed by atoms with Crippen molar-refractivity contribution >= 4 is 40.5 Å². The number of nitrogens with zero attached hydrogens (tertiary/aromatic N) is 3. The summed E-state index contributed by atoms with van der Waals surface area (Å²) >= 11 is 13.0. The summed E-state index contributed by atoms with van der Waals surface area (Å²) in [5, 5.41) is 8.75. The van der Waals surface area contributed by atoms with E-state index in [1.807, 2.05) is 18.2 Å². The number of fused-ring (bicyclic) bond motifs is 1. The zero-order chi connectivity index (χ0) is 19.9. The second-order valence-electron chi connectivity index (χ2n) is 7.69. The Morgan fingerprint density at radius 3 is 2.48 bits per heavy atom. The molecule has 0 spiro atoms. The Morgan fingerprint density at radius 1 is 1.22 bits per heavy atom. The van der Waals surface area contributed by atoms with E-state index < -0.39 is 0 Å². The molecule has 142 valence electrons. The molecule has 2 aromatic heterocycles. The van der Waals surface area contributed by atoms with E-state index in [9.17, 15) is 4.79 Å². The third-order valence-corrected chi connectivity index (χ3v) is 5.38. The van der Waals surface area contributed by atoms with E-state index in [4.69, 9.17) is 23.2 Å². The highest BCUT2D eigenvalue weighted by molar-refractivity contribution is 6.36. The Morgan fingerprint density at radius 2 is 1.89 bits per heavy atom. The monoisotopic (exact) mass is 404 g/mol. The molecule has 0 aliphatic heterocycles. The molecule has 1 aromatic carbocycles. The molecule has 0 radical (unpaired) electrons. The summed E-state index contributed by atoms with van der Waals surface area (Å²) < 4.78 is 1.63. The topological polar surface area (TPSA) is 59.3 Å². The van der Waals surface area contributed by atoms with Crippen molar-refractivity contribution in [1.29, 1.82) is 0 Å². The molecule has 3 aromatic rings. The predicted octanol–water partition coefficient (Wildman–Crippen LogP) is 5.75. The van der Waals surface area contributed by atoms with Crippen molar-refractivity contribution in [2.24, 2.45) is 5.41 Å². The molecule has 7 heteroatoms. The lowest BCUT2D eigenvalue weighted by atomic mass is 9.88. The Labute approximate surface area is 168 Å². The second-order valence-corrected chi connectivity index (χ2v) is 8.45. The average molecular weight is 405 g/mol. The first kappa shape index (κ1) is 19.6. The third-order valence-electron chi connectivity index (χ3n) is 4.78. The summed E-state index contributed by atoms with van der Waals surface area (Å²) in [7, 11) is 0. The van der Waals surface area contributed by atoms with Crippen molar-refractivity contribution < 1.29 is 4.79 Å². The Kier molecular flexibility index (Phi) is 5.19. The van der Waals surface area contributed by atoms with E-state index in [1.54, 1.807) is 10.6 Å². The lowest BCUT2D eigenvalue weighted by molar-refractivity contribution is 0.101. The molecule has 0 amide bonds. The number of ketones is 1. The Hall–Kier alpha value is -2.11. The normalized spacial score (nSPS) is 13.0. The van der Waals surface area contributed by atoms with Crippen LogP contribution in [0.5, 0.6) is 0 Å². The van der Waals surface area contributed by atoms with Crippen LogP contribution in [0.3, 0.4) is 0 Å². The summed E-state index contributed by atoms with van der Waals surface area (Å²) in [5.41, 5.74) is 2.24. The van der Waals surface area contributed by atoms with E-state index in [2.05, 4.69) is 43.1 Å². The number of carbonyl (C=O) groups is 1. The zero-order valence-electron chi connectivity index (χ0n) is 16.0. The number of carbonyl (C=O) groups excluding carboxylic acids is 1. The number of Topliss-reactive ketones (excluding diaryl/α,β-unsaturated/α-hetero) is 1. The van der Waals surface area contributed by atoms with Crippen molar-refractivity contribution in [3.8, 4) is 11.1 Å². The first-order valence-corrected chi connectivity index (χ1v) is 9.46. The minimum Gasteiger partial charge on any atom is -0.366 e. The summed E-state index contributed by atoms with van der Waals surface area (Å²) in [4.78, 5) is 16.4. The fourth-order valence-electron chi connectivity index (χ4n) is 2.67. The van der Waals surface area contributed by atoms with E-state index in [-0.39, 0.29) is 22.4 Å². The van der Waals surface area contributed by atoms with Gasteiger partial charge in [0.2, 0.25) is 0 Å². The van der Waals surface area contributed by atoms with Crippen molar-refractivity contribution in [3.63, 3.8) is 0 Å². The number of nitrogens with one attached hydrogen (secondary N) is 1. The molecule has 2 heterocycles. The van der Waals surface area contributed by atoms with Crippen LogP contribution in [0.2, 0.25) is 10.2 Å². The van der Waals surface area contributed by atoms with Crippen LogP contribution in [-0.4, -0.2) is 26.4 Å². The predicted molar refractivity (Wildman–Crippen MR) is 111 cm³/mol. The van der Waals surface area contributed by atoms with E-state index in [0.29, 0.717) is 27.6 Å². The van der Waals surface area contributed by atoms with Crippen LogP contribution >= 0.6 is 23.2 Å². The number of hydrogen-bond donors (Lipinski definition) is 1. The lowest BCUT2D eigenvalue weighted by Crippen LogP contribution is -2.32. The standard InChI is InChI=1S/C20H22Cl2N4O/c1-11(27)14-10-23-26-18(14)25-17(22)16(13-8-6-7-9-15(13)21)19(26)24-12(2)20(3,4)5/h6-10,12,24H,1-5H3. The molecular weight excluding hydrogens is 383 g/mol. The first-order chi connectivity index (χ1) is 12.6. The number of anilines is 1. The smallest absolute Gasteiger partial charge is 0.169 e. The fraction of sp³-hybridized carbons (Fsp3) is 0.350. The minimum atomic E-state index is -0.117. The van der Waals surface area contributed by atoms with Gasteiger partial charge >= 0.3 is 0 Å². The molecular formula is C20H22Cl2N4O. The summed E-state index contributed by atoms with van der Waals surface area (Å²) in [6.45, 7) is 10.0. The van der Waals surface area contributed by atoms with Crippen LogP contribution in [0.4, 0.5) is 5.82 Å². The van der Waals surface area contributed by atoms with Crippen molar-refractivity contribution in [1.82, 2.24) is 14.6 Å². The van der Waals surface area contributed by atoms with Crippen molar-refractivity contribution in [3.05, 3.63) is 46.2 Å². The molecule has 0 aliphatic carbocycles. The van der Waals surface area contributed by atoms with Gasteiger partial charge in [0.25, 0.3) is 0 Å². The average Bonchev–Trinajstić information content (AvgIpc) is 2.99. The number of benzene rings is 1. The molecule has 5 nitrogen and oxygen atoms in total. The van der Waals surface area contributed by atoms with Gasteiger partial charge in [-0.15, -0.1) is 0 Å². The highest BCUT2D eigenvalue weighted by Gasteiger charge is 2.26. The van der Waals surface area contributed by atoms with Gasteiger partial charge in [-0.25, -0.2) is 4.98 Å². The largest absolute Gasteiger partial charge is 0.366 e. The molecule has 1 unspecified atom stereocenters. The van der Waals surface area contributed by atoms with Crippen LogP contribution in [0.25, 0.3) is 16.8 Å². The quantitative estimate of drug-likeness (QED) is 0.443. The van der Waals surface area contributed by atoms with E-state index >= 15 is 0 Å². The Bertz CT molecular complexity index is 1020. The van der Waals surface area contributed by atoms with Crippen LogP contribution < -0.4 is 5.32 Å². The molecule has 0 saturated carbocycles. The number of halogens is 2. The molecule has 1 atom stereocenters. The second kappa shape index (κ2) is 7.13. The van der Waals surface area contributed by atoms with Gasteiger partial charge in [0.05, 0.1) is 17.3 Å². The van der Waals surface area contributed by atoms with Gasteiger partial charge in [-0.2, -0.15) is 9.61 Å². The van der Waals surface area contributed by atoms with Crippen molar-refractivity contribution in [2.45, 2.75) is 40.7 Å². The van der Waals surface area contributed by atoms with Crippen LogP contribution in [0.1, 0.15) is 45.0 Å². The van der Waals surface area contributed by atoms with Crippen molar-refractivity contribution in [2.75, 3.05) is 5.32 Å². The fourth-order valence-corrected chi connectivity index (χ4v) is 3.17.